The van der Waals surface area contributed by atoms with Crippen molar-refractivity contribution in [3.8, 4) is 0 Å². The van der Waals surface area contributed by atoms with E-state index in [1.54, 1.807) is 6.07 Å². The smallest absolute Gasteiger partial charge is 0.339 e. The number of rotatable bonds is 4. The number of amides is 1. The number of nitrogens with two attached hydrogens (primary N) is 1. The molecule has 1 fully saturated rings. The molecule has 1 saturated heterocycles. The SMILES string of the molecule is Cc1cc(N2CCC(CC(N)=O)CC2)c(C(=O)O)cn1. The highest BCUT2D eigenvalue weighted by Crippen LogP contribution is 2.28. The molecule has 6 nitrogen and oxygen atoms in total. The molecule has 0 unspecified atom stereocenters. The summed E-state index contributed by atoms with van der Waals surface area (Å²) in [5.74, 6) is -0.929. The zero-order valence-corrected chi connectivity index (χ0v) is 11.5. The number of primary amides is 1. The molecule has 1 aromatic rings. The maximum atomic E-state index is 11.3. The molecule has 0 radical (unpaired) electrons. The Hall–Kier alpha value is -2.11. The van der Waals surface area contributed by atoms with Crippen molar-refractivity contribution in [1.82, 2.24) is 4.98 Å². The Morgan fingerprint density at radius 1 is 1.45 bits per heavy atom. The van der Waals surface area contributed by atoms with E-state index < -0.39 is 5.97 Å². The third-order valence-corrected chi connectivity index (χ3v) is 3.69. The molecule has 6 heteroatoms. The maximum Gasteiger partial charge on any atom is 0.339 e. The predicted molar refractivity (Wildman–Crippen MR) is 74.7 cm³/mol. The van der Waals surface area contributed by atoms with Crippen molar-refractivity contribution in [2.75, 3.05) is 18.0 Å². The van der Waals surface area contributed by atoms with Gasteiger partial charge >= 0.3 is 5.97 Å². The van der Waals surface area contributed by atoms with E-state index in [2.05, 4.69) is 9.88 Å². The van der Waals surface area contributed by atoms with Crippen LogP contribution >= 0.6 is 0 Å². The highest BCUT2D eigenvalue weighted by molar-refractivity contribution is 5.94. The van der Waals surface area contributed by atoms with Gasteiger partial charge in [-0.3, -0.25) is 9.78 Å². The Morgan fingerprint density at radius 3 is 2.65 bits per heavy atom. The Kier molecular flexibility index (Phi) is 4.22. The van der Waals surface area contributed by atoms with E-state index in [1.165, 1.54) is 6.20 Å². The first-order valence-electron chi connectivity index (χ1n) is 6.70. The maximum absolute atomic E-state index is 11.3. The number of aromatic carboxylic acids is 1. The number of carbonyl (C=O) groups excluding carboxylic acids is 1. The molecule has 1 aliphatic heterocycles. The van der Waals surface area contributed by atoms with Crippen LogP contribution in [0.2, 0.25) is 0 Å². The average molecular weight is 277 g/mol. The standard InChI is InChI=1S/C14H19N3O3/c1-9-6-12(11(8-16-9)14(19)20)17-4-2-10(3-5-17)7-13(15)18/h6,8,10H,2-5,7H2,1H3,(H2,15,18)(H,19,20). The summed E-state index contributed by atoms with van der Waals surface area (Å²) in [5, 5.41) is 9.23. The molecule has 0 aromatic carbocycles. The number of hydrogen-bond acceptors (Lipinski definition) is 4. The van der Waals surface area contributed by atoms with Crippen LogP contribution in [-0.4, -0.2) is 35.1 Å². The quantitative estimate of drug-likeness (QED) is 0.861. The van der Waals surface area contributed by atoms with Crippen LogP contribution in [0.25, 0.3) is 0 Å². The van der Waals surface area contributed by atoms with Gasteiger partial charge in [0.15, 0.2) is 0 Å². The first kappa shape index (κ1) is 14.3. The Labute approximate surface area is 117 Å². The van der Waals surface area contributed by atoms with Crippen LogP contribution in [-0.2, 0) is 4.79 Å². The lowest BCUT2D eigenvalue weighted by atomic mass is 9.93. The largest absolute Gasteiger partial charge is 0.478 e. The molecule has 3 N–H and O–H groups in total. The normalized spacial score (nSPS) is 16.1. The molecule has 2 heterocycles. The minimum Gasteiger partial charge on any atom is -0.478 e. The van der Waals surface area contributed by atoms with Crippen LogP contribution in [0.4, 0.5) is 5.69 Å². The number of carbonyl (C=O) groups is 2. The number of pyridine rings is 1. The summed E-state index contributed by atoms with van der Waals surface area (Å²) in [4.78, 5) is 28.3. The van der Waals surface area contributed by atoms with Gasteiger partial charge in [0.2, 0.25) is 5.91 Å². The highest BCUT2D eigenvalue weighted by atomic mass is 16.4. The van der Waals surface area contributed by atoms with Gasteiger partial charge in [-0.2, -0.15) is 0 Å². The molecule has 0 bridgehead atoms. The zero-order valence-electron chi connectivity index (χ0n) is 11.5. The molecular weight excluding hydrogens is 258 g/mol. The second kappa shape index (κ2) is 5.90. The van der Waals surface area contributed by atoms with Crippen LogP contribution in [0.1, 0.15) is 35.3 Å². The van der Waals surface area contributed by atoms with Crippen molar-refractivity contribution >= 4 is 17.6 Å². The minimum absolute atomic E-state index is 0.226. The van der Waals surface area contributed by atoms with Crippen LogP contribution < -0.4 is 10.6 Å². The molecule has 0 atom stereocenters. The number of aromatic nitrogens is 1. The van der Waals surface area contributed by atoms with E-state index in [0.29, 0.717) is 18.0 Å². The lowest BCUT2D eigenvalue weighted by Crippen LogP contribution is -2.36. The van der Waals surface area contributed by atoms with Gasteiger partial charge in [0.05, 0.1) is 5.69 Å². The summed E-state index contributed by atoms with van der Waals surface area (Å²) < 4.78 is 0. The van der Waals surface area contributed by atoms with Gasteiger partial charge in [-0.25, -0.2) is 4.79 Å². The summed E-state index contributed by atoms with van der Waals surface area (Å²) in [6.07, 6.45) is 3.52. The number of aryl methyl sites for hydroxylation is 1. The average Bonchev–Trinajstić information content (AvgIpc) is 2.38. The monoisotopic (exact) mass is 277 g/mol. The minimum atomic E-state index is -0.966. The third-order valence-electron chi connectivity index (χ3n) is 3.69. The van der Waals surface area contributed by atoms with Gasteiger partial charge in [0.1, 0.15) is 5.56 Å². The molecule has 0 spiro atoms. The zero-order chi connectivity index (χ0) is 14.7. The summed E-state index contributed by atoms with van der Waals surface area (Å²) in [7, 11) is 0. The first-order valence-corrected chi connectivity index (χ1v) is 6.70. The topological polar surface area (TPSA) is 96.5 Å². The van der Waals surface area contributed by atoms with Gasteiger partial charge < -0.3 is 15.7 Å². The molecule has 1 aromatic heterocycles. The van der Waals surface area contributed by atoms with Gasteiger partial charge in [-0.05, 0) is 31.7 Å². The van der Waals surface area contributed by atoms with E-state index in [0.717, 1.165) is 31.6 Å². The van der Waals surface area contributed by atoms with Crippen LogP contribution in [0.5, 0.6) is 0 Å². The fourth-order valence-corrected chi connectivity index (χ4v) is 2.63. The van der Waals surface area contributed by atoms with Crippen molar-refractivity contribution < 1.29 is 14.7 Å². The van der Waals surface area contributed by atoms with Crippen molar-refractivity contribution in [2.45, 2.75) is 26.2 Å². The van der Waals surface area contributed by atoms with E-state index >= 15 is 0 Å². The molecule has 0 saturated carbocycles. The van der Waals surface area contributed by atoms with Crippen LogP contribution in [0, 0.1) is 12.8 Å². The van der Waals surface area contributed by atoms with Gasteiger partial charge in [-0.15, -0.1) is 0 Å². The van der Waals surface area contributed by atoms with Crippen molar-refractivity contribution in [2.24, 2.45) is 11.7 Å². The van der Waals surface area contributed by atoms with E-state index in [4.69, 9.17) is 5.73 Å². The third kappa shape index (κ3) is 3.26. The number of hydrogen-bond donors (Lipinski definition) is 2. The number of carboxylic acids is 1. The van der Waals surface area contributed by atoms with E-state index in [-0.39, 0.29) is 11.5 Å². The highest BCUT2D eigenvalue weighted by Gasteiger charge is 2.24. The molecule has 1 amide bonds. The first-order chi connectivity index (χ1) is 9.47. The van der Waals surface area contributed by atoms with E-state index in [9.17, 15) is 14.7 Å². The molecule has 108 valence electrons. The molecule has 2 rings (SSSR count). The molecule has 1 aliphatic rings. The van der Waals surface area contributed by atoms with Crippen molar-refractivity contribution in [3.05, 3.63) is 23.5 Å². The van der Waals surface area contributed by atoms with Gasteiger partial charge in [-0.1, -0.05) is 0 Å². The fourth-order valence-electron chi connectivity index (χ4n) is 2.63. The molecule has 20 heavy (non-hydrogen) atoms. The van der Waals surface area contributed by atoms with E-state index in [1.807, 2.05) is 6.92 Å². The van der Waals surface area contributed by atoms with Crippen LogP contribution in [0.15, 0.2) is 12.3 Å². The summed E-state index contributed by atoms with van der Waals surface area (Å²) >= 11 is 0. The number of carboxylic acid groups (broad SMARTS) is 1. The predicted octanol–water partition coefficient (Wildman–Crippen LogP) is 1.18. The van der Waals surface area contributed by atoms with Crippen LogP contribution in [0.3, 0.4) is 0 Å². The summed E-state index contributed by atoms with van der Waals surface area (Å²) in [6.45, 7) is 3.32. The number of anilines is 1. The molecule has 0 aliphatic carbocycles. The lowest BCUT2D eigenvalue weighted by molar-refractivity contribution is -0.119. The number of piperidine rings is 1. The fraction of sp³-hybridized carbons (Fsp3) is 0.500. The molecular formula is C14H19N3O3. The Bertz CT molecular complexity index is 522. The van der Waals surface area contributed by atoms with Gasteiger partial charge in [0, 0.05) is 31.4 Å². The van der Waals surface area contributed by atoms with Crippen molar-refractivity contribution in [1.29, 1.82) is 0 Å². The summed E-state index contributed by atoms with van der Waals surface area (Å²) in [6, 6.07) is 1.80. The van der Waals surface area contributed by atoms with Gasteiger partial charge in [0.25, 0.3) is 0 Å². The summed E-state index contributed by atoms with van der Waals surface area (Å²) in [5.41, 5.74) is 6.95. The Morgan fingerprint density at radius 2 is 2.10 bits per heavy atom. The Balaban J connectivity index is 2.12. The van der Waals surface area contributed by atoms with Crippen molar-refractivity contribution in [3.63, 3.8) is 0 Å². The second-order valence-electron chi connectivity index (χ2n) is 5.25. The lowest BCUT2D eigenvalue weighted by Gasteiger charge is -2.34. The number of nitrogens with zero attached hydrogens (tertiary/aromatic N) is 2. The second-order valence-corrected chi connectivity index (χ2v) is 5.25.